The van der Waals surface area contributed by atoms with Crippen LogP contribution in [0.3, 0.4) is 0 Å². The van der Waals surface area contributed by atoms with E-state index >= 15 is 0 Å². The first-order chi connectivity index (χ1) is 7.60. The number of aliphatic hydroxyl groups is 1. The number of nitrogens with one attached hydrogen (secondary N) is 1. The van der Waals surface area contributed by atoms with Crippen LogP contribution < -0.4 is 10.1 Å². The minimum Gasteiger partial charge on any atom is -0.497 e. The maximum absolute atomic E-state index is 10.1. The highest BCUT2D eigenvalue weighted by Crippen LogP contribution is 2.28. The van der Waals surface area contributed by atoms with Crippen LogP contribution in [-0.2, 0) is 0 Å². The lowest BCUT2D eigenvalue weighted by Crippen LogP contribution is -2.31. The number of halogens is 1. The van der Waals surface area contributed by atoms with E-state index in [1.807, 2.05) is 13.8 Å². The summed E-state index contributed by atoms with van der Waals surface area (Å²) >= 11 is 6.08. The summed E-state index contributed by atoms with van der Waals surface area (Å²) in [5, 5.41) is 13.8. The Kier molecular flexibility index (Phi) is 5.06. The van der Waals surface area contributed by atoms with Crippen molar-refractivity contribution in [1.29, 1.82) is 0 Å². The van der Waals surface area contributed by atoms with Crippen molar-refractivity contribution in [3.8, 4) is 5.75 Å². The summed E-state index contributed by atoms with van der Waals surface area (Å²) in [6.45, 7) is 4.74. The molecule has 1 aromatic rings. The summed E-state index contributed by atoms with van der Waals surface area (Å²) in [5.74, 6) is 0.692. The number of methoxy groups -OCH3 is 1. The van der Waals surface area contributed by atoms with Crippen LogP contribution in [0.1, 0.15) is 25.5 Å². The molecule has 90 valence electrons. The van der Waals surface area contributed by atoms with Gasteiger partial charge in [0, 0.05) is 11.6 Å². The van der Waals surface area contributed by atoms with E-state index < -0.39 is 6.10 Å². The largest absolute Gasteiger partial charge is 0.497 e. The Hall–Kier alpha value is -0.770. The molecular weight excluding hydrogens is 226 g/mol. The fourth-order valence-corrected chi connectivity index (χ4v) is 1.86. The molecule has 0 fully saturated rings. The molecule has 0 amide bonds. The average molecular weight is 244 g/mol. The standard InChI is InChI=1S/C12H18ClNO2/c1-4-14-8(2)12(15)10-6-5-9(16-3)7-11(10)13/h5-8,12,14-15H,4H2,1-3H3. The molecule has 2 N–H and O–H groups in total. The number of rotatable bonds is 5. The van der Waals surface area contributed by atoms with Gasteiger partial charge in [0.2, 0.25) is 0 Å². The number of likely N-dealkylation sites (N-methyl/N-ethyl adjacent to an activating group) is 1. The van der Waals surface area contributed by atoms with Crippen LogP contribution in [0, 0.1) is 0 Å². The second-order valence-electron chi connectivity index (χ2n) is 3.68. The molecule has 16 heavy (non-hydrogen) atoms. The fourth-order valence-electron chi connectivity index (χ4n) is 1.58. The molecule has 1 rings (SSSR count). The summed E-state index contributed by atoms with van der Waals surface area (Å²) in [7, 11) is 1.59. The molecule has 2 atom stereocenters. The zero-order valence-corrected chi connectivity index (χ0v) is 10.6. The van der Waals surface area contributed by atoms with E-state index in [1.165, 1.54) is 0 Å². The fraction of sp³-hybridized carbons (Fsp3) is 0.500. The van der Waals surface area contributed by atoms with Gasteiger partial charge in [0.1, 0.15) is 5.75 Å². The molecule has 0 saturated heterocycles. The predicted octanol–water partition coefficient (Wildman–Crippen LogP) is 2.38. The maximum atomic E-state index is 10.1. The van der Waals surface area contributed by atoms with E-state index in [4.69, 9.17) is 16.3 Å². The second-order valence-corrected chi connectivity index (χ2v) is 4.09. The van der Waals surface area contributed by atoms with Gasteiger partial charge in [-0.25, -0.2) is 0 Å². The molecule has 0 aromatic heterocycles. The third-order valence-electron chi connectivity index (χ3n) is 2.53. The Morgan fingerprint density at radius 3 is 2.69 bits per heavy atom. The third kappa shape index (κ3) is 3.11. The molecule has 0 heterocycles. The van der Waals surface area contributed by atoms with Gasteiger partial charge in [-0.05, 0) is 25.6 Å². The molecule has 0 aliphatic carbocycles. The van der Waals surface area contributed by atoms with Crippen LogP contribution >= 0.6 is 11.6 Å². The summed E-state index contributed by atoms with van der Waals surface area (Å²) < 4.78 is 5.06. The topological polar surface area (TPSA) is 41.5 Å². The number of benzene rings is 1. The maximum Gasteiger partial charge on any atom is 0.120 e. The number of ether oxygens (including phenoxy) is 1. The van der Waals surface area contributed by atoms with E-state index in [2.05, 4.69) is 5.32 Å². The zero-order valence-electron chi connectivity index (χ0n) is 9.83. The van der Waals surface area contributed by atoms with Gasteiger partial charge in [0.25, 0.3) is 0 Å². The summed E-state index contributed by atoms with van der Waals surface area (Å²) in [6, 6.07) is 5.26. The molecule has 0 radical (unpaired) electrons. The molecule has 4 heteroatoms. The first-order valence-electron chi connectivity index (χ1n) is 5.35. The molecule has 0 aliphatic heterocycles. The number of hydrogen-bond donors (Lipinski definition) is 2. The SMILES string of the molecule is CCNC(C)C(O)c1ccc(OC)cc1Cl. The van der Waals surface area contributed by atoms with E-state index in [9.17, 15) is 5.11 Å². The Morgan fingerprint density at radius 1 is 1.50 bits per heavy atom. The van der Waals surface area contributed by atoms with Crippen molar-refractivity contribution < 1.29 is 9.84 Å². The monoisotopic (exact) mass is 243 g/mol. The lowest BCUT2D eigenvalue weighted by molar-refractivity contribution is 0.137. The highest BCUT2D eigenvalue weighted by atomic mass is 35.5. The molecule has 0 spiro atoms. The smallest absolute Gasteiger partial charge is 0.120 e. The quantitative estimate of drug-likeness (QED) is 0.835. The van der Waals surface area contributed by atoms with Crippen molar-refractivity contribution in [1.82, 2.24) is 5.32 Å². The summed E-state index contributed by atoms with van der Waals surface area (Å²) in [6.07, 6.45) is -0.613. The van der Waals surface area contributed by atoms with Crippen LogP contribution in [0.5, 0.6) is 5.75 Å². The molecule has 3 nitrogen and oxygen atoms in total. The molecular formula is C12H18ClNO2. The van der Waals surface area contributed by atoms with Gasteiger partial charge in [0.15, 0.2) is 0 Å². The van der Waals surface area contributed by atoms with Crippen molar-refractivity contribution >= 4 is 11.6 Å². The van der Waals surface area contributed by atoms with E-state index in [-0.39, 0.29) is 6.04 Å². The van der Waals surface area contributed by atoms with Gasteiger partial charge in [-0.1, -0.05) is 24.6 Å². The number of hydrogen-bond acceptors (Lipinski definition) is 3. The van der Waals surface area contributed by atoms with Gasteiger partial charge in [-0.15, -0.1) is 0 Å². The van der Waals surface area contributed by atoms with Crippen molar-refractivity contribution in [2.75, 3.05) is 13.7 Å². The Labute approximate surface area is 101 Å². The van der Waals surface area contributed by atoms with Crippen LogP contribution in [0.2, 0.25) is 5.02 Å². The van der Waals surface area contributed by atoms with Gasteiger partial charge >= 0.3 is 0 Å². The van der Waals surface area contributed by atoms with Gasteiger partial charge in [-0.3, -0.25) is 0 Å². The first kappa shape index (κ1) is 13.3. The minimum atomic E-state index is -0.613. The summed E-state index contributed by atoms with van der Waals surface area (Å²) in [4.78, 5) is 0. The predicted molar refractivity (Wildman–Crippen MR) is 66.1 cm³/mol. The molecule has 0 bridgehead atoms. The van der Waals surface area contributed by atoms with Crippen LogP contribution in [-0.4, -0.2) is 24.8 Å². The molecule has 1 aromatic carbocycles. The highest BCUT2D eigenvalue weighted by molar-refractivity contribution is 6.31. The van der Waals surface area contributed by atoms with Gasteiger partial charge in [0.05, 0.1) is 18.2 Å². The van der Waals surface area contributed by atoms with Crippen molar-refractivity contribution in [3.63, 3.8) is 0 Å². The summed E-state index contributed by atoms with van der Waals surface area (Å²) in [5.41, 5.74) is 0.718. The van der Waals surface area contributed by atoms with Crippen molar-refractivity contribution in [2.45, 2.75) is 26.0 Å². The zero-order chi connectivity index (χ0) is 12.1. The van der Waals surface area contributed by atoms with E-state index in [1.54, 1.807) is 25.3 Å². The van der Waals surface area contributed by atoms with E-state index in [0.29, 0.717) is 10.8 Å². The lowest BCUT2D eigenvalue weighted by atomic mass is 10.0. The van der Waals surface area contributed by atoms with Crippen LogP contribution in [0.25, 0.3) is 0 Å². The number of aliphatic hydroxyl groups excluding tert-OH is 1. The Bertz CT molecular complexity index is 344. The molecule has 0 saturated carbocycles. The highest BCUT2D eigenvalue weighted by Gasteiger charge is 2.18. The average Bonchev–Trinajstić information content (AvgIpc) is 2.28. The van der Waals surface area contributed by atoms with Crippen LogP contribution in [0.4, 0.5) is 0 Å². The third-order valence-corrected chi connectivity index (χ3v) is 2.85. The Balaban J connectivity index is 2.87. The van der Waals surface area contributed by atoms with Gasteiger partial charge < -0.3 is 15.2 Å². The van der Waals surface area contributed by atoms with Crippen LogP contribution in [0.15, 0.2) is 18.2 Å². The minimum absolute atomic E-state index is 0.0316. The first-order valence-corrected chi connectivity index (χ1v) is 5.72. The van der Waals surface area contributed by atoms with Crippen molar-refractivity contribution in [2.24, 2.45) is 0 Å². The second kappa shape index (κ2) is 6.09. The molecule has 2 unspecified atom stereocenters. The van der Waals surface area contributed by atoms with Crippen molar-refractivity contribution in [3.05, 3.63) is 28.8 Å². The van der Waals surface area contributed by atoms with Gasteiger partial charge in [-0.2, -0.15) is 0 Å². The Morgan fingerprint density at radius 2 is 2.19 bits per heavy atom. The van der Waals surface area contributed by atoms with E-state index in [0.717, 1.165) is 12.1 Å². The molecule has 0 aliphatic rings. The normalized spacial score (nSPS) is 14.6. The lowest BCUT2D eigenvalue weighted by Gasteiger charge is -2.21.